The van der Waals surface area contributed by atoms with Crippen LogP contribution in [0.1, 0.15) is 10.4 Å². The van der Waals surface area contributed by atoms with E-state index >= 15 is 0 Å². The van der Waals surface area contributed by atoms with Crippen LogP contribution in [-0.2, 0) is 11.3 Å². The molecule has 6 nitrogen and oxygen atoms in total. The van der Waals surface area contributed by atoms with E-state index in [9.17, 15) is 9.59 Å². The summed E-state index contributed by atoms with van der Waals surface area (Å²) in [6.07, 6.45) is 2.97. The van der Waals surface area contributed by atoms with Crippen LogP contribution < -0.4 is 11.0 Å². The molecule has 23 heavy (non-hydrogen) atoms. The summed E-state index contributed by atoms with van der Waals surface area (Å²) >= 11 is 1.54. The van der Waals surface area contributed by atoms with Crippen molar-refractivity contribution in [3.8, 4) is 0 Å². The predicted octanol–water partition coefficient (Wildman–Crippen LogP) is 1.92. The first-order valence-corrected chi connectivity index (χ1v) is 7.83. The van der Waals surface area contributed by atoms with Gasteiger partial charge in [-0.1, -0.05) is 12.1 Å². The van der Waals surface area contributed by atoms with Crippen molar-refractivity contribution >= 4 is 34.4 Å². The number of nitrogens with zero attached hydrogens (tertiary/aromatic N) is 3. The van der Waals surface area contributed by atoms with Gasteiger partial charge in [-0.25, -0.2) is 10.4 Å². The van der Waals surface area contributed by atoms with Gasteiger partial charge in [0.2, 0.25) is 0 Å². The number of carbonyl (C=O) groups is 1. The van der Waals surface area contributed by atoms with E-state index in [2.05, 4.69) is 15.5 Å². The van der Waals surface area contributed by atoms with Crippen LogP contribution in [-0.4, -0.2) is 21.7 Å². The largest absolute Gasteiger partial charge is 0.289 e. The molecule has 0 aliphatic rings. The van der Waals surface area contributed by atoms with Crippen molar-refractivity contribution in [2.24, 2.45) is 5.10 Å². The summed E-state index contributed by atoms with van der Waals surface area (Å²) in [6, 6.07) is 9.01. The number of hydrazone groups is 1. The summed E-state index contributed by atoms with van der Waals surface area (Å²) in [4.78, 5) is 29.3. The lowest BCUT2D eigenvalue weighted by Crippen LogP contribution is -2.30. The number of amides is 1. The second kappa shape index (κ2) is 6.53. The number of carbonyl (C=O) groups excluding carboxylic acids is 1. The Morgan fingerprint density at radius 3 is 3.00 bits per heavy atom. The van der Waals surface area contributed by atoms with Gasteiger partial charge in [-0.2, -0.15) is 5.10 Å². The Hall–Kier alpha value is -2.80. The molecule has 2 aromatic heterocycles. The van der Waals surface area contributed by atoms with Crippen molar-refractivity contribution in [1.29, 1.82) is 0 Å². The lowest BCUT2D eigenvalue weighted by atomic mass is 10.2. The van der Waals surface area contributed by atoms with E-state index in [4.69, 9.17) is 0 Å². The Morgan fingerprint density at radius 2 is 2.22 bits per heavy atom. The minimum atomic E-state index is -0.380. The Kier molecular flexibility index (Phi) is 4.29. The fourth-order valence-electron chi connectivity index (χ4n) is 2.09. The topological polar surface area (TPSA) is 76.3 Å². The number of aromatic nitrogens is 2. The maximum atomic E-state index is 12.3. The van der Waals surface area contributed by atoms with Crippen molar-refractivity contribution < 1.29 is 4.79 Å². The molecule has 2 heterocycles. The smallest absolute Gasteiger partial charge is 0.261 e. The number of rotatable bonds is 4. The second-order valence-corrected chi connectivity index (χ2v) is 5.90. The van der Waals surface area contributed by atoms with Gasteiger partial charge in [-0.3, -0.25) is 14.2 Å². The molecule has 1 aromatic carbocycles. The molecule has 0 fully saturated rings. The molecule has 0 spiro atoms. The monoisotopic (exact) mass is 326 g/mol. The molecule has 0 radical (unpaired) electrons. The molecule has 3 aromatic rings. The van der Waals surface area contributed by atoms with Gasteiger partial charge in [0.15, 0.2) is 0 Å². The number of fused-ring (bicyclic) bond motifs is 1. The van der Waals surface area contributed by atoms with Crippen LogP contribution in [0.15, 0.2) is 51.9 Å². The third-order valence-electron chi connectivity index (χ3n) is 3.32. The normalized spacial score (nSPS) is 11.2. The van der Waals surface area contributed by atoms with E-state index in [-0.39, 0.29) is 18.0 Å². The number of para-hydroxylation sites is 1. The zero-order chi connectivity index (χ0) is 16.2. The molecule has 1 amide bonds. The third kappa shape index (κ3) is 3.35. The van der Waals surface area contributed by atoms with Crippen molar-refractivity contribution in [2.75, 3.05) is 0 Å². The van der Waals surface area contributed by atoms with E-state index < -0.39 is 0 Å². The third-order valence-corrected chi connectivity index (χ3v) is 4.27. The maximum absolute atomic E-state index is 12.3. The van der Waals surface area contributed by atoms with E-state index in [1.165, 1.54) is 10.9 Å². The highest BCUT2D eigenvalue weighted by Crippen LogP contribution is 2.12. The minimum absolute atomic E-state index is 0.128. The first kappa shape index (κ1) is 15.1. The van der Waals surface area contributed by atoms with Crippen LogP contribution >= 0.6 is 11.3 Å². The fourth-order valence-corrected chi connectivity index (χ4v) is 2.87. The van der Waals surface area contributed by atoms with E-state index in [1.54, 1.807) is 35.8 Å². The zero-order valence-corrected chi connectivity index (χ0v) is 13.2. The number of benzene rings is 1. The van der Waals surface area contributed by atoms with Gasteiger partial charge in [0.1, 0.15) is 6.54 Å². The SMILES string of the molecule is Cc1ccsc1/C=N\NC(=O)Cn1cnc2ccccc2c1=O. The Morgan fingerprint density at radius 1 is 1.39 bits per heavy atom. The average molecular weight is 326 g/mol. The van der Waals surface area contributed by atoms with Gasteiger partial charge in [0, 0.05) is 4.88 Å². The molecule has 0 unspecified atom stereocenters. The molecule has 3 rings (SSSR count). The highest BCUT2D eigenvalue weighted by atomic mass is 32.1. The first-order chi connectivity index (χ1) is 11.1. The van der Waals surface area contributed by atoms with E-state index in [1.807, 2.05) is 24.4 Å². The van der Waals surface area contributed by atoms with Gasteiger partial charge in [0.25, 0.3) is 11.5 Å². The number of hydrogen-bond acceptors (Lipinski definition) is 5. The quantitative estimate of drug-likeness (QED) is 0.588. The Balaban J connectivity index is 1.71. The predicted molar refractivity (Wildman–Crippen MR) is 90.8 cm³/mol. The van der Waals surface area contributed by atoms with Crippen molar-refractivity contribution in [3.05, 3.63) is 62.8 Å². The lowest BCUT2D eigenvalue weighted by molar-refractivity contribution is -0.121. The summed E-state index contributed by atoms with van der Waals surface area (Å²) in [5.74, 6) is -0.380. The molecule has 0 aliphatic heterocycles. The van der Waals surface area contributed by atoms with Crippen molar-refractivity contribution in [1.82, 2.24) is 15.0 Å². The van der Waals surface area contributed by atoms with Crippen LogP contribution in [0.25, 0.3) is 10.9 Å². The summed E-state index contributed by atoms with van der Waals surface area (Å²) in [5.41, 5.74) is 3.89. The molecular weight excluding hydrogens is 312 g/mol. The Bertz CT molecular complexity index is 942. The van der Waals surface area contributed by atoms with Crippen LogP contribution in [0.2, 0.25) is 0 Å². The van der Waals surface area contributed by atoms with Crippen molar-refractivity contribution in [3.63, 3.8) is 0 Å². The molecule has 0 bridgehead atoms. The van der Waals surface area contributed by atoms with Crippen LogP contribution in [0.4, 0.5) is 0 Å². The molecule has 116 valence electrons. The van der Waals surface area contributed by atoms with Crippen molar-refractivity contribution in [2.45, 2.75) is 13.5 Å². The standard InChI is InChI=1S/C16H14N4O2S/c1-11-6-7-23-14(11)8-18-19-15(21)9-20-10-17-13-5-3-2-4-12(13)16(20)22/h2-8,10H,9H2,1H3,(H,19,21)/b18-8-. The van der Waals surface area contributed by atoms with Gasteiger partial charge < -0.3 is 0 Å². The highest BCUT2D eigenvalue weighted by Gasteiger charge is 2.07. The van der Waals surface area contributed by atoms with Gasteiger partial charge in [0.05, 0.1) is 23.4 Å². The van der Waals surface area contributed by atoms with Gasteiger partial charge >= 0.3 is 0 Å². The molecule has 0 aliphatic carbocycles. The van der Waals surface area contributed by atoms with Gasteiger partial charge in [-0.15, -0.1) is 11.3 Å². The average Bonchev–Trinajstić information content (AvgIpc) is 2.96. The number of nitrogens with one attached hydrogen (secondary N) is 1. The summed E-state index contributed by atoms with van der Waals surface area (Å²) < 4.78 is 1.27. The maximum Gasteiger partial charge on any atom is 0.261 e. The number of aryl methyl sites for hydroxylation is 1. The van der Waals surface area contributed by atoms with Crippen LogP contribution in [0, 0.1) is 6.92 Å². The fraction of sp³-hybridized carbons (Fsp3) is 0.125. The molecular formula is C16H14N4O2S. The van der Waals surface area contributed by atoms with Crippen LogP contribution in [0.5, 0.6) is 0 Å². The molecule has 1 N–H and O–H groups in total. The number of hydrogen-bond donors (Lipinski definition) is 1. The lowest BCUT2D eigenvalue weighted by Gasteiger charge is -2.05. The first-order valence-electron chi connectivity index (χ1n) is 6.95. The molecule has 0 saturated heterocycles. The molecule has 0 saturated carbocycles. The number of thiophene rings is 1. The summed E-state index contributed by atoms with van der Waals surface area (Å²) in [7, 11) is 0. The Labute approximate surface area is 136 Å². The van der Waals surface area contributed by atoms with Crippen LogP contribution in [0.3, 0.4) is 0 Å². The minimum Gasteiger partial charge on any atom is -0.289 e. The zero-order valence-electron chi connectivity index (χ0n) is 12.4. The molecule has 0 atom stereocenters. The second-order valence-electron chi connectivity index (χ2n) is 4.96. The summed E-state index contributed by atoms with van der Waals surface area (Å²) in [6.45, 7) is 1.84. The highest BCUT2D eigenvalue weighted by molar-refractivity contribution is 7.11. The van der Waals surface area contributed by atoms with Gasteiger partial charge in [-0.05, 0) is 36.1 Å². The summed E-state index contributed by atoms with van der Waals surface area (Å²) in [5, 5.41) is 6.36. The molecule has 7 heteroatoms. The van der Waals surface area contributed by atoms with E-state index in [0.29, 0.717) is 10.9 Å². The van der Waals surface area contributed by atoms with E-state index in [0.717, 1.165) is 10.4 Å².